The fourth-order valence-electron chi connectivity index (χ4n) is 6.45. The molecule has 4 aromatic carbocycles. The zero-order valence-corrected chi connectivity index (χ0v) is 31.8. The third-order valence-corrected chi connectivity index (χ3v) is 10.2. The maximum absolute atomic E-state index is 11.4. The molecular formula is C42H39Cl2N5O6. The number of hydrogen-bond donors (Lipinski definition) is 3. The fourth-order valence-corrected chi connectivity index (χ4v) is 6.93. The lowest BCUT2D eigenvalue weighted by Crippen LogP contribution is -2.18. The Hall–Kier alpha value is -5.64. The van der Waals surface area contributed by atoms with E-state index in [0.717, 1.165) is 55.4 Å². The third-order valence-electron chi connectivity index (χ3n) is 9.56. The number of nitrogens with two attached hydrogens (primary N) is 1. The zero-order chi connectivity index (χ0) is 39.1. The topological polar surface area (TPSA) is 166 Å². The summed E-state index contributed by atoms with van der Waals surface area (Å²) >= 11 is 13.4. The van der Waals surface area contributed by atoms with Crippen LogP contribution in [0.4, 0.5) is 0 Å². The summed E-state index contributed by atoms with van der Waals surface area (Å²) in [6.45, 7) is 2.68. The normalized spacial score (nSPS) is 11.7. The highest BCUT2D eigenvalue weighted by molar-refractivity contribution is 6.32. The van der Waals surface area contributed by atoms with E-state index < -0.39 is 18.5 Å². The summed E-state index contributed by atoms with van der Waals surface area (Å²) in [5, 5.41) is 34.6. The van der Waals surface area contributed by atoms with Gasteiger partial charge in [0.05, 0.1) is 48.5 Å². The van der Waals surface area contributed by atoms with E-state index in [1.807, 2.05) is 47.3 Å². The molecule has 55 heavy (non-hydrogen) atoms. The molecule has 0 radical (unpaired) electrons. The molecule has 0 aliphatic carbocycles. The molecule has 0 saturated heterocycles. The van der Waals surface area contributed by atoms with Gasteiger partial charge in [0.15, 0.2) is 0 Å². The van der Waals surface area contributed by atoms with Crippen molar-refractivity contribution in [3.05, 3.63) is 134 Å². The number of nitrogens with zero attached hydrogens (tertiary/aromatic N) is 4. The van der Waals surface area contributed by atoms with Crippen LogP contribution < -0.4 is 19.9 Å². The lowest BCUT2D eigenvalue weighted by Gasteiger charge is -2.17. The van der Waals surface area contributed by atoms with Crippen LogP contribution in [0.15, 0.2) is 85.3 Å². The van der Waals surface area contributed by atoms with Gasteiger partial charge in [-0.05, 0) is 83.5 Å². The van der Waals surface area contributed by atoms with Crippen LogP contribution in [-0.2, 0) is 37.5 Å². The molecule has 0 bridgehead atoms. The number of rotatable bonds is 16. The first-order valence-corrected chi connectivity index (χ1v) is 18.2. The fraction of sp³-hybridized carbons (Fsp3) is 0.238. The highest BCUT2D eigenvalue weighted by atomic mass is 35.5. The van der Waals surface area contributed by atoms with Gasteiger partial charge in [0.2, 0.25) is 0 Å². The zero-order valence-electron chi connectivity index (χ0n) is 30.3. The Bertz CT molecular complexity index is 2390. The average Bonchev–Trinajstić information content (AvgIpc) is 3.61. The first-order valence-electron chi connectivity index (χ1n) is 17.5. The number of hydrogen-bond acceptors (Lipinski definition) is 9. The van der Waals surface area contributed by atoms with Crippen molar-refractivity contribution < 1.29 is 29.2 Å². The Morgan fingerprint density at radius 1 is 0.909 bits per heavy atom. The van der Waals surface area contributed by atoms with Gasteiger partial charge in [0.25, 0.3) is 0 Å². The molecule has 11 nitrogen and oxygen atoms in total. The Kier molecular flexibility index (Phi) is 12.5. The van der Waals surface area contributed by atoms with Crippen molar-refractivity contribution in [2.24, 2.45) is 11.7 Å². The summed E-state index contributed by atoms with van der Waals surface area (Å²) < 4.78 is 19.8. The van der Waals surface area contributed by atoms with E-state index in [1.165, 1.54) is 13.3 Å². The molecule has 0 aliphatic rings. The van der Waals surface area contributed by atoms with Crippen LogP contribution in [0.2, 0.25) is 10.0 Å². The van der Waals surface area contributed by atoms with E-state index in [4.69, 9.17) is 48.2 Å². The first kappa shape index (κ1) is 39.1. The number of aliphatic hydroxyl groups excluding tert-OH is 1. The summed E-state index contributed by atoms with van der Waals surface area (Å²) in [4.78, 5) is 15.5. The second kappa shape index (κ2) is 17.7. The van der Waals surface area contributed by atoms with E-state index in [0.29, 0.717) is 45.8 Å². The van der Waals surface area contributed by atoms with Crippen LogP contribution in [0.5, 0.6) is 17.2 Å². The molecule has 2 aromatic heterocycles. The number of nitriles is 1. The smallest absolute Gasteiger partial charge is 0.308 e. The van der Waals surface area contributed by atoms with Crippen molar-refractivity contribution in [2.75, 3.05) is 13.7 Å². The van der Waals surface area contributed by atoms with Gasteiger partial charge >= 0.3 is 5.97 Å². The molecule has 13 heteroatoms. The molecular weight excluding hydrogens is 741 g/mol. The minimum Gasteiger partial charge on any atom is -0.496 e. The molecule has 1 atom stereocenters. The van der Waals surface area contributed by atoms with Crippen molar-refractivity contribution in [2.45, 2.75) is 46.1 Å². The number of aliphatic hydroxyl groups is 1. The number of methoxy groups -OCH3 is 1. The Morgan fingerprint density at radius 3 is 2.42 bits per heavy atom. The second-order valence-electron chi connectivity index (χ2n) is 13.0. The van der Waals surface area contributed by atoms with E-state index in [2.05, 4.69) is 30.1 Å². The molecule has 6 rings (SSSR count). The van der Waals surface area contributed by atoms with Gasteiger partial charge in [0.1, 0.15) is 36.5 Å². The quantitative estimate of drug-likeness (QED) is 0.0880. The summed E-state index contributed by atoms with van der Waals surface area (Å²) in [5.74, 6) is -0.370. The Morgan fingerprint density at radius 2 is 1.67 bits per heavy atom. The average molecular weight is 781 g/mol. The highest BCUT2D eigenvalue weighted by Gasteiger charge is 2.20. The number of ether oxygens (including phenoxy) is 3. The minimum atomic E-state index is -1.05. The molecule has 0 fully saturated rings. The number of carbonyl (C=O) groups is 1. The second-order valence-corrected chi connectivity index (χ2v) is 13.8. The van der Waals surface area contributed by atoms with Crippen molar-refractivity contribution in [3.63, 3.8) is 0 Å². The lowest BCUT2D eigenvalue weighted by molar-refractivity contribution is -0.143. The van der Waals surface area contributed by atoms with E-state index in [1.54, 1.807) is 24.4 Å². The van der Waals surface area contributed by atoms with Crippen molar-refractivity contribution in [1.82, 2.24) is 14.8 Å². The van der Waals surface area contributed by atoms with Crippen LogP contribution in [0.3, 0.4) is 0 Å². The summed E-state index contributed by atoms with van der Waals surface area (Å²) in [6.07, 6.45) is 5.62. The van der Waals surface area contributed by atoms with Crippen molar-refractivity contribution in [3.8, 4) is 34.4 Å². The van der Waals surface area contributed by atoms with Crippen LogP contribution in [0, 0.1) is 24.2 Å². The molecule has 282 valence electrons. The lowest BCUT2D eigenvalue weighted by atomic mass is 9.94. The standard InChI is InChI=1S/C42H39Cl2N5O6/c1-25-30(24-55-41-15-39(53-2)28(12-37(41)44)9-10-29(22-50)42(51)52)5-3-6-33(25)34-7-4-8-38-35(34)20-48-49(38)21-32-14-40(31(17-46)13-36(32)43)54-23-27-11-26(16-45)18-47-19-27/h3-8,11-15,18-20,29,50H,9-10,17,21-24,46H2,1-2H3,(H,51,52)/t29-/m0/s1. The van der Waals surface area contributed by atoms with E-state index >= 15 is 0 Å². The van der Waals surface area contributed by atoms with Crippen LogP contribution in [0.1, 0.15) is 45.4 Å². The summed E-state index contributed by atoms with van der Waals surface area (Å²) in [6, 6.07) is 23.1. The number of carboxylic acids is 1. The molecule has 0 amide bonds. The van der Waals surface area contributed by atoms with Crippen LogP contribution >= 0.6 is 23.2 Å². The first-order chi connectivity index (χ1) is 26.6. The van der Waals surface area contributed by atoms with Crippen LogP contribution in [-0.4, -0.2) is 44.7 Å². The summed E-state index contributed by atoms with van der Waals surface area (Å²) in [7, 11) is 1.53. The number of halogens is 2. The van der Waals surface area contributed by atoms with Gasteiger partial charge < -0.3 is 30.2 Å². The number of pyridine rings is 1. The molecule has 6 aromatic rings. The molecule has 0 saturated carbocycles. The third kappa shape index (κ3) is 8.85. The maximum Gasteiger partial charge on any atom is 0.308 e. The van der Waals surface area contributed by atoms with Gasteiger partial charge in [-0.2, -0.15) is 10.4 Å². The number of fused-ring (bicyclic) bond motifs is 1. The van der Waals surface area contributed by atoms with E-state index in [9.17, 15) is 20.3 Å². The van der Waals surface area contributed by atoms with Crippen LogP contribution in [0.25, 0.3) is 22.0 Å². The number of carboxylic acid groups (broad SMARTS) is 1. The highest BCUT2D eigenvalue weighted by Crippen LogP contribution is 2.37. The van der Waals surface area contributed by atoms with Gasteiger partial charge in [-0.25, -0.2) is 0 Å². The number of benzene rings is 4. The van der Waals surface area contributed by atoms with Crippen molar-refractivity contribution >= 4 is 40.1 Å². The van der Waals surface area contributed by atoms with Gasteiger partial charge in [-0.3, -0.25) is 14.5 Å². The number of aryl methyl sites for hydroxylation is 1. The van der Waals surface area contributed by atoms with Gasteiger partial charge in [0, 0.05) is 46.5 Å². The van der Waals surface area contributed by atoms with E-state index in [-0.39, 0.29) is 26.2 Å². The van der Waals surface area contributed by atoms with Crippen molar-refractivity contribution in [1.29, 1.82) is 5.26 Å². The monoisotopic (exact) mass is 779 g/mol. The SMILES string of the molecule is COc1cc(OCc2cccc(-c3cccc4c3cnn4Cc3cc(OCc4cncc(C#N)c4)c(CN)cc3Cl)c2C)c(Cl)cc1CC[C@@H](CO)C(=O)O. The van der Waals surface area contributed by atoms with Gasteiger partial charge in [-0.1, -0.05) is 53.5 Å². The largest absolute Gasteiger partial charge is 0.496 e. The molecule has 0 spiro atoms. The number of aromatic nitrogens is 3. The predicted octanol–water partition coefficient (Wildman–Crippen LogP) is 7.88. The Balaban J connectivity index is 1.21. The summed E-state index contributed by atoms with van der Waals surface area (Å²) in [5.41, 5.74) is 14.5. The number of aliphatic carboxylic acids is 1. The molecule has 4 N–H and O–H groups in total. The Labute approximate surface area is 328 Å². The minimum absolute atomic E-state index is 0.213. The van der Waals surface area contributed by atoms with Gasteiger partial charge in [-0.15, -0.1) is 0 Å². The maximum atomic E-state index is 11.4. The molecule has 0 aliphatic heterocycles. The predicted molar refractivity (Wildman–Crippen MR) is 211 cm³/mol. The molecule has 0 unspecified atom stereocenters. The molecule has 2 heterocycles.